The topological polar surface area (TPSA) is 84.7 Å². The lowest BCUT2D eigenvalue weighted by Gasteiger charge is -2.06. The Hall–Kier alpha value is -2.44. The molecule has 0 bridgehead atoms. The maximum absolute atomic E-state index is 8.80. The van der Waals surface area contributed by atoms with Crippen LogP contribution in [-0.2, 0) is 0 Å². The average Bonchev–Trinajstić information content (AvgIpc) is 2.45. The van der Waals surface area contributed by atoms with Gasteiger partial charge in [-0.3, -0.25) is 9.97 Å². The van der Waals surface area contributed by atoms with E-state index in [9.17, 15) is 0 Å². The fraction of sp³-hybridized carbons (Fsp3) is 0. The van der Waals surface area contributed by atoms with Crippen LogP contribution >= 0.6 is 0 Å². The van der Waals surface area contributed by atoms with Gasteiger partial charge in [0.25, 0.3) is 0 Å². The molecule has 18 heavy (non-hydrogen) atoms. The third kappa shape index (κ3) is 1.44. The molecular weight excluding hydrogens is 236 g/mol. The fourth-order valence-electron chi connectivity index (χ4n) is 1.94. The Labute approximate surface area is 101 Å². The van der Waals surface area contributed by atoms with Gasteiger partial charge in [0, 0.05) is 35.3 Å². The van der Waals surface area contributed by atoms with Crippen LogP contribution in [0.25, 0.3) is 21.8 Å². The van der Waals surface area contributed by atoms with Crippen LogP contribution in [0.2, 0.25) is 0 Å². The van der Waals surface area contributed by atoms with Crippen molar-refractivity contribution in [2.45, 2.75) is 0 Å². The predicted octanol–water partition coefficient (Wildman–Crippen LogP) is 2.49. The summed E-state index contributed by atoms with van der Waals surface area (Å²) < 4.78 is 0. The molecule has 2 heterocycles. The average molecular weight is 244 g/mol. The minimum absolute atomic E-state index is 0.291. The molecule has 90 valence electrons. The Kier molecular flexibility index (Phi) is 2.44. The van der Waals surface area contributed by atoms with Crippen molar-refractivity contribution in [2.75, 3.05) is 0 Å². The Morgan fingerprint density at radius 2 is 1.17 bits per heavy atom. The Morgan fingerprint density at radius 3 is 1.56 bits per heavy atom. The zero-order valence-electron chi connectivity index (χ0n) is 9.07. The molecule has 0 saturated carbocycles. The second kappa shape index (κ2) is 4.10. The standard InChI is InChI=1S/C12H8N2O4/c15-17-9-3-5-13-11-7(9)1-2-8-10(18-16)4-6-14-12(8)11/h1-6,15-16H. The van der Waals surface area contributed by atoms with Crippen LogP contribution in [0.3, 0.4) is 0 Å². The molecule has 0 aliphatic rings. The molecule has 2 aromatic heterocycles. The van der Waals surface area contributed by atoms with Gasteiger partial charge in [0.05, 0.1) is 0 Å². The minimum atomic E-state index is 0.291. The molecule has 6 nitrogen and oxygen atoms in total. The van der Waals surface area contributed by atoms with Crippen molar-refractivity contribution < 1.29 is 20.3 Å². The van der Waals surface area contributed by atoms with E-state index >= 15 is 0 Å². The van der Waals surface area contributed by atoms with Gasteiger partial charge >= 0.3 is 0 Å². The van der Waals surface area contributed by atoms with Crippen LogP contribution in [0, 0.1) is 0 Å². The molecule has 6 heteroatoms. The summed E-state index contributed by atoms with van der Waals surface area (Å²) in [6.07, 6.45) is 3.00. The van der Waals surface area contributed by atoms with Crippen molar-refractivity contribution in [3.05, 3.63) is 36.7 Å². The number of benzene rings is 1. The third-order valence-corrected chi connectivity index (χ3v) is 2.74. The molecule has 3 rings (SSSR count). The molecule has 0 saturated heterocycles. The van der Waals surface area contributed by atoms with Gasteiger partial charge in [-0.25, -0.2) is 10.5 Å². The summed E-state index contributed by atoms with van der Waals surface area (Å²) in [6.45, 7) is 0. The minimum Gasteiger partial charge on any atom is -0.339 e. The second-order valence-electron chi connectivity index (χ2n) is 3.66. The first-order chi connectivity index (χ1) is 8.85. The molecule has 0 fully saturated rings. The second-order valence-corrected chi connectivity index (χ2v) is 3.66. The quantitative estimate of drug-likeness (QED) is 0.409. The van der Waals surface area contributed by atoms with E-state index < -0.39 is 0 Å². The molecule has 0 spiro atoms. The molecule has 0 unspecified atom stereocenters. The number of rotatable bonds is 2. The molecule has 0 aliphatic carbocycles. The van der Waals surface area contributed by atoms with E-state index in [-0.39, 0.29) is 0 Å². The maximum atomic E-state index is 8.80. The van der Waals surface area contributed by atoms with E-state index in [2.05, 4.69) is 19.7 Å². The van der Waals surface area contributed by atoms with E-state index in [1.165, 1.54) is 12.4 Å². The monoisotopic (exact) mass is 244 g/mol. The fourth-order valence-corrected chi connectivity index (χ4v) is 1.94. The first kappa shape index (κ1) is 10.7. The summed E-state index contributed by atoms with van der Waals surface area (Å²) >= 11 is 0. The molecule has 0 aliphatic heterocycles. The zero-order chi connectivity index (χ0) is 12.5. The van der Waals surface area contributed by atoms with Crippen LogP contribution in [0.1, 0.15) is 0 Å². The van der Waals surface area contributed by atoms with E-state index in [0.717, 1.165) is 0 Å². The van der Waals surface area contributed by atoms with Crippen LogP contribution in [0.15, 0.2) is 36.7 Å². The van der Waals surface area contributed by atoms with Gasteiger partial charge in [-0.05, 0) is 12.1 Å². The van der Waals surface area contributed by atoms with Crippen molar-refractivity contribution in [3.8, 4) is 11.5 Å². The van der Waals surface area contributed by atoms with Gasteiger partial charge in [-0.1, -0.05) is 0 Å². The first-order valence-corrected chi connectivity index (χ1v) is 5.14. The summed E-state index contributed by atoms with van der Waals surface area (Å²) in [5, 5.41) is 18.8. The number of nitrogens with zero attached hydrogens (tertiary/aromatic N) is 2. The molecule has 0 radical (unpaired) electrons. The highest BCUT2D eigenvalue weighted by molar-refractivity contribution is 6.06. The molecule has 0 amide bonds. The molecule has 2 N–H and O–H groups in total. The molecule has 0 atom stereocenters. The highest BCUT2D eigenvalue weighted by Crippen LogP contribution is 2.32. The van der Waals surface area contributed by atoms with Crippen molar-refractivity contribution in [2.24, 2.45) is 0 Å². The lowest BCUT2D eigenvalue weighted by atomic mass is 10.1. The van der Waals surface area contributed by atoms with Gasteiger partial charge < -0.3 is 9.78 Å². The normalized spacial score (nSPS) is 10.8. The SMILES string of the molecule is OOc1ccnc2c1ccc1c(OO)ccnc12. The van der Waals surface area contributed by atoms with Gasteiger partial charge in [-0.2, -0.15) is 0 Å². The zero-order valence-corrected chi connectivity index (χ0v) is 9.07. The van der Waals surface area contributed by atoms with Crippen LogP contribution < -0.4 is 9.78 Å². The van der Waals surface area contributed by atoms with Crippen molar-refractivity contribution in [3.63, 3.8) is 0 Å². The van der Waals surface area contributed by atoms with Crippen LogP contribution in [0.4, 0.5) is 0 Å². The van der Waals surface area contributed by atoms with Crippen LogP contribution in [0.5, 0.6) is 11.5 Å². The number of aromatic nitrogens is 2. The van der Waals surface area contributed by atoms with Crippen molar-refractivity contribution >= 4 is 21.8 Å². The van der Waals surface area contributed by atoms with E-state index in [1.54, 1.807) is 24.3 Å². The van der Waals surface area contributed by atoms with Gasteiger partial charge in [0.2, 0.25) is 0 Å². The smallest absolute Gasteiger partial charge is 0.176 e. The molecular formula is C12H8N2O4. The number of fused-ring (bicyclic) bond motifs is 3. The Morgan fingerprint density at radius 1 is 0.722 bits per heavy atom. The van der Waals surface area contributed by atoms with E-state index in [1.807, 2.05) is 0 Å². The van der Waals surface area contributed by atoms with Crippen LogP contribution in [-0.4, -0.2) is 20.5 Å². The number of pyridine rings is 2. The summed E-state index contributed by atoms with van der Waals surface area (Å²) in [5.41, 5.74) is 1.11. The van der Waals surface area contributed by atoms with Gasteiger partial charge in [0.15, 0.2) is 11.5 Å². The van der Waals surface area contributed by atoms with Gasteiger partial charge in [-0.15, -0.1) is 0 Å². The largest absolute Gasteiger partial charge is 0.339 e. The van der Waals surface area contributed by atoms with E-state index in [0.29, 0.717) is 33.3 Å². The van der Waals surface area contributed by atoms with Crippen molar-refractivity contribution in [1.82, 2.24) is 9.97 Å². The lowest BCUT2D eigenvalue weighted by Crippen LogP contribution is -1.92. The summed E-state index contributed by atoms with van der Waals surface area (Å²) in [7, 11) is 0. The van der Waals surface area contributed by atoms with Gasteiger partial charge in [0.1, 0.15) is 11.0 Å². The molecule has 1 aromatic carbocycles. The Balaban J connectivity index is 2.47. The summed E-state index contributed by atoms with van der Waals surface area (Å²) in [5.74, 6) is 0.582. The summed E-state index contributed by atoms with van der Waals surface area (Å²) in [6, 6.07) is 6.50. The highest BCUT2D eigenvalue weighted by Gasteiger charge is 2.11. The van der Waals surface area contributed by atoms with E-state index in [4.69, 9.17) is 10.5 Å². The summed E-state index contributed by atoms with van der Waals surface area (Å²) in [4.78, 5) is 17.0. The highest BCUT2D eigenvalue weighted by atomic mass is 17.1. The first-order valence-electron chi connectivity index (χ1n) is 5.14. The number of hydrogen-bond acceptors (Lipinski definition) is 6. The third-order valence-electron chi connectivity index (χ3n) is 2.74. The molecule has 3 aromatic rings. The Bertz CT molecular complexity index is 667. The number of hydrogen-bond donors (Lipinski definition) is 2. The predicted molar refractivity (Wildman–Crippen MR) is 63.6 cm³/mol. The maximum Gasteiger partial charge on any atom is 0.176 e. The lowest BCUT2D eigenvalue weighted by molar-refractivity contribution is -0.136. The van der Waals surface area contributed by atoms with Crippen molar-refractivity contribution in [1.29, 1.82) is 0 Å².